The highest BCUT2D eigenvalue weighted by Crippen LogP contribution is 2.12. The molecule has 0 aliphatic heterocycles. The van der Waals surface area contributed by atoms with Gasteiger partial charge >= 0.3 is 5.97 Å². The van der Waals surface area contributed by atoms with E-state index in [0.717, 1.165) is 0 Å². The van der Waals surface area contributed by atoms with E-state index < -0.39 is 90.4 Å². The summed E-state index contributed by atoms with van der Waals surface area (Å²) >= 11 is 3.84. The molecule has 256 valence electrons. The van der Waals surface area contributed by atoms with Gasteiger partial charge in [0.05, 0.1) is 12.7 Å². The van der Waals surface area contributed by atoms with Crippen LogP contribution in [0.2, 0.25) is 0 Å². The van der Waals surface area contributed by atoms with E-state index in [0.29, 0.717) is 5.56 Å². The first-order valence-corrected chi connectivity index (χ1v) is 14.6. The lowest BCUT2D eigenvalue weighted by molar-refractivity contribution is -0.141. The van der Waals surface area contributed by atoms with Crippen molar-refractivity contribution in [3.05, 3.63) is 29.8 Å². The van der Waals surface area contributed by atoms with E-state index in [1.807, 2.05) is 0 Å². The number of hydrogen-bond donors (Lipinski definition) is 12. The van der Waals surface area contributed by atoms with Crippen molar-refractivity contribution in [3.63, 3.8) is 0 Å². The van der Waals surface area contributed by atoms with Gasteiger partial charge in [0.15, 0.2) is 0 Å². The summed E-state index contributed by atoms with van der Waals surface area (Å²) in [6, 6.07) is -3.09. The Balaban J connectivity index is 3.19. The molecule has 0 spiro atoms. The summed E-state index contributed by atoms with van der Waals surface area (Å²) in [5, 5.41) is 49.6. The summed E-state index contributed by atoms with van der Waals surface area (Å²) in [6.45, 7) is 1.53. The summed E-state index contributed by atoms with van der Waals surface area (Å²) in [5.41, 5.74) is 11.3. The topological polar surface area (TPSA) is 313 Å². The number of aliphatic carboxylic acids is 1. The number of benzene rings is 1. The number of phenolic OH excluding ortho intramolecular Hbond substituents is 1. The minimum atomic E-state index is -1.64. The Morgan fingerprint density at radius 3 is 1.78 bits per heavy atom. The van der Waals surface area contributed by atoms with E-state index in [1.54, 1.807) is 0 Å². The van der Waals surface area contributed by atoms with Crippen LogP contribution >= 0.6 is 12.6 Å². The molecule has 13 N–H and O–H groups in total. The molecule has 0 saturated heterocycles. The lowest BCUT2D eigenvalue weighted by Crippen LogP contribution is -2.60. The van der Waals surface area contributed by atoms with Crippen LogP contribution in [-0.2, 0) is 40.0 Å². The van der Waals surface area contributed by atoms with Crippen LogP contribution in [0.4, 0.5) is 0 Å². The fourth-order valence-electron chi connectivity index (χ4n) is 3.72. The van der Waals surface area contributed by atoms with Gasteiger partial charge in [0.1, 0.15) is 42.0 Å². The number of nitrogens with two attached hydrogens (primary N) is 2. The summed E-state index contributed by atoms with van der Waals surface area (Å²) < 4.78 is 0. The molecular weight excluding hydrogens is 630 g/mol. The molecule has 0 saturated carbocycles. The van der Waals surface area contributed by atoms with Crippen LogP contribution < -0.4 is 38.1 Å². The third kappa shape index (κ3) is 13.3. The summed E-state index contributed by atoms with van der Waals surface area (Å²) in [4.78, 5) is 86.8. The number of carbonyl (C=O) groups is 7. The summed E-state index contributed by atoms with van der Waals surface area (Å²) in [5.74, 6) is -7.26. The molecule has 0 fully saturated rings. The Morgan fingerprint density at radius 2 is 1.28 bits per heavy atom. The number of nitrogens with one attached hydrogen (secondary N) is 5. The highest BCUT2D eigenvalue weighted by atomic mass is 32.1. The molecule has 6 amide bonds. The fourth-order valence-corrected chi connectivity index (χ4v) is 3.97. The second-order valence-corrected chi connectivity index (χ2v) is 10.7. The molecule has 1 aromatic carbocycles. The van der Waals surface area contributed by atoms with Crippen molar-refractivity contribution in [2.45, 2.75) is 75.5 Å². The SMILES string of the molecule is C[C@H](NC(=O)[C@H](CO)NC(=O)[C@H](Cc1ccc(O)cc1)NC(=O)[C@H](CCC(N)=O)NC(=O)[C@@H](N)[C@@H](C)O)C(=O)N[C@@H](CS)C(=O)O. The molecule has 18 nitrogen and oxygen atoms in total. The number of thiol groups is 1. The fraction of sp³-hybridized carbons (Fsp3) is 0.519. The van der Waals surface area contributed by atoms with Gasteiger partial charge in [-0.3, -0.25) is 28.8 Å². The number of aromatic hydroxyl groups is 1. The molecule has 0 bridgehead atoms. The van der Waals surface area contributed by atoms with Crippen LogP contribution in [0.5, 0.6) is 5.75 Å². The zero-order valence-electron chi connectivity index (χ0n) is 25.1. The largest absolute Gasteiger partial charge is 0.508 e. The van der Waals surface area contributed by atoms with E-state index in [9.17, 15) is 48.9 Å². The standard InChI is InChI=1S/C27H41N7O11S/c1-12(22(39)34-19(11-46)27(44)45)30-25(42)18(10-35)33-24(41)17(9-14-3-5-15(37)6-4-14)32-23(40)16(7-8-20(28)38)31-26(43)21(29)13(2)36/h3-6,12-13,16-19,21,35-37,46H,7-11,29H2,1-2H3,(H2,28,38)(H,30,42)(H,31,43)(H,32,40)(H,33,41)(H,34,39)(H,44,45)/t12-,13+,16-,17-,18-,19-,21-/m0/s1. The van der Waals surface area contributed by atoms with Crippen molar-refractivity contribution in [1.29, 1.82) is 0 Å². The molecular formula is C27H41N7O11S. The lowest BCUT2D eigenvalue weighted by Gasteiger charge is -2.26. The van der Waals surface area contributed by atoms with Crippen LogP contribution in [0.1, 0.15) is 32.3 Å². The van der Waals surface area contributed by atoms with E-state index in [4.69, 9.17) is 16.6 Å². The van der Waals surface area contributed by atoms with Crippen molar-refractivity contribution in [2.24, 2.45) is 11.5 Å². The molecule has 1 rings (SSSR count). The zero-order chi connectivity index (χ0) is 35.1. The third-order valence-corrected chi connectivity index (χ3v) is 6.87. The Hall–Kier alpha value is -4.46. The highest BCUT2D eigenvalue weighted by molar-refractivity contribution is 7.80. The zero-order valence-corrected chi connectivity index (χ0v) is 26.0. The number of rotatable bonds is 19. The number of hydrogen-bond acceptors (Lipinski definition) is 12. The second-order valence-electron chi connectivity index (χ2n) is 10.3. The van der Waals surface area contributed by atoms with E-state index in [2.05, 4.69) is 39.2 Å². The normalized spacial score (nSPS) is 15.4. The summed E-state index contributed by atoms with van der Waals surface area (Å²) in [7, 11) is 0. The van der Waals surface area contributed by atoms with Gasteiger partial charge in [0, 0.05) is 18.6 Å². The minimum Gasteiger partial charge on any atom is -0.508 e. The number of aliphatic hydroxyl groups excluding tert-OH is 2. The predicted octanol–water partition coefficient (Wildman–Crippen LogP) is -4.64. The first-order chi connectivity index (χ1) is 21.5. The molecule has 0 aliphatic rings. The van der Waals surface area contributed by atoms with E-state index in [1.165, 1.54) is 38.1 Å². The molecule has 0 radical (unpaired) electrons. The van der Waals surface area contributed by atoms with Gasteiger partial charge in [-0.05, 0) is 38.0 Å². The van der Waals surface area contributed by atoms with Crippen molar-refractivity contribution in [2.75, 3.05) is 12.4 Å². The van der Waals surface area contributed by atoms with Crippen LogP contribution in [-0.4, -0.2) is 117 Å². The Morgan fingerprint density at radius 1 is 0.783 bits per heavy atom. The predicted molar refractivity (Wildman–Crippen MR) is 164 cm³/mol. The third-order valence-electron chi connectivity index (χ3n) is 6.51. The number of carboxylic acids is 1. The highest BCUT2D eigenvalue weighted by Gasteiger charge is 2.32. The van der Waals surface area contributed by atoms with E-state index >= 15 is 0 Å². The van der Waals surface area contributed by atoms with Gasteiger partial charge in [-0.25, -0.2) is 4.79 Å². The molecule has 0 heterocycles. The van der Waals surface area contributed by atoms with Crippen LogP contribution in [0, 0.1) is 0 Å². The summed E-state index contributed by atoms with van der Waals surface area (Å²) in [6.07, 6.45) is -2.16. The van der Waals surface area contributed by atoms with E-state index in [-0.39, 0.29) is 30.8 Å². The van der Waals surface area contributed by atoms with Gasteiger partial charge in [-0.2, -0.15) is 12.6 Å². The molecule has 7 atom stereocenters. The Labute approximate surface area is 269 Å². The average Bonchev–Trinajstić information content (AvgIpc) is 2.99. The number of aliphatic hydroxyl groups is 2. The number of primary amides is 1. The molecule has 0 aliphatic carbocycles. The molecule has 19 heteroatoms. The first kappa shape index (κ1) is 39.6. The Kier molecular flexibility index (Phi) is 16.5. The maximum absolute atomic E-state index is 13.4. The van der Waals surface area contributed by atoms with Gasteiger partial charge in [0.2, 0.25) is 35.4 Å². The number of carboxylic acid groups (broad SMARTS) is 1. The number of carbonyl (C=O) groups excluding carboxylic acids is 6. The number of phenols is 1. The maximum Gasteiger partial charge on any atom is 0.327 e. The van der Waals surface area contributed by atoms with Gasteiger partial charge in [-0.1, -0.05) is 12.1 Å². The maximum atomic E-state index is 13.4. The Bertz CT molecular complexity index is 1250. The minimum absolute atomic E-state index is 0.0864. The van der Waals surface area contributed by atoms with Crippen molar-refractivity contribution >= 4 is 54.0 Å². The first-order valence-electron chi connectivity index (χ1n) is 14.0. The smallest absolute Gasteiger partial charge is 0.327 e. The molecule has 0 aromatic heterocycles. The number of amides is 6. The molecule has 1 aromatic rings. The van der Waals surface area contributed by atoms with Gasteiger partial charge in [0.25, 0.3) is 0 Å². The van der Waals surface area contributed by atoms with Crippen LogP contribution in [0.3, 0.4) is 0 Å². The van der Waals surface area contributed by atoms with Crippen LogP contribution in [0.25, 0.3) is 0 Å². The van der Waals surface area contributed by atoms with Crippen molar-refractivity contribution < 1.29 is 54.0 Å². The molecule has 0 unspecified atom stereocenters. The monoisotopic (exact) mass is 671 g/mol. The van der Waals surface area contributed by atoms with Crippen LogP contribution in [0.15, 0.2) is 24.3 Å². The van der Waals surface area contributed by atoms with Gasteiger partial charge < -0.3 is 58.5 Å². The average molecular weight is 672 g/mol. The lowest BCUT2D eigenvalue weighted by atomic mass is 10.0. The second kappa shape index (κ2) is 19.1. The van der Waals surface area contributed by atoms with Gasteiger partial charge in [-0.15, -0.1) is 0 Å². The molecule has 46 heavy (non-hydrogen) atoms. The van der Waals surface area contributed by atoms with Crippen molar-refractivity contribution in [3.8, 4) is 5.75 Å². The van der Waals surface area contributed by atoms with Crippen molar-refractivity contribution in [1.82, 2.24) is 26.6 Å². The quantitative estimate of drug-likeness (QED) is 0.0618.